The molecule has 0 radical (unpaired) electrons. The van der Waals surface area contributed by atoms with Gasteiger partial charge in [-0.05, 0) is 12.8 Å². The third-order valence-corrected chi connectivity index (χ3v) is 1.34. The lowest BCUT2D eigenvalue weighted by Gasteiger charge is -1.97. The molecule has 1 atom stereocenters. The molecule has 0 amide bonds. The van der Waals surface area contributed by atoms with Crippen LogP contribution in [0.15, 0.2) is 0 Å². The molecule has 11 heavy (non-hydrogen) atoms. The smallest absolute Gasteiger partial charge is 0.230 e. The molecule has 0 aromatic carbocycles. The summed E-state index contributed by atoms with van der Waals surface area (Å²) in [6, 6.07) is 4.04. The van der Waals surface area contributed by atoms with E-state index in [1.807, 2.05) is 12.1 Å². The monoisotopic (exact) mass is 147 g/mol. The quantitative estimate of drug-likeness (QED) is 0.449. The highest BCUT2D eigenvalue weighted by Gasteiger charge is 2.08. The summed E-state index contributed by atoms with van der Waals surface area (Å²) in [7, 11) is 0. The van der Waals surface area contributed by atoms with E-state index in [0.29, 0.717) is 12.8 Å². The molecule has 0 aliphatic carbocycles. The molecule has 0 aromatic rings. The van der Waals surface area contributed by atoms with Gasteiger partial charge in [-0.25, -0.2) is 6.57 Å². The Balaban J connectivity index is 3.50. The van der Waals surface area contributed by atoms with Gasteiger partial charge in [-0.15, -0.1) is 0 Å². The summed E-state index contributed by atoms with van der Waals surface area (Å²) in [5.41, 5.74) is 0. The number of nitriles is 2. The largest absolute Gasteiger partial charge is 0.315 e. The number of rotatable bonds is 4. The average molecular weight is 147 g/mol. The molecule has 0 N–H and O–H groups in total. The van der Waals surface area contributed by atoms with Crippen molar-refractivity contribution in [2.45, 2.75) is 19.3 Å². The fraction of sp³-hybridized carbons (Fsp3) is 0.625. The first-order valence-corrected chi connectivity index (χ1v) is 3.45. The molecule has 0 saturated heterocycles. The van der Waals surface area contributed by atoms with Gasteiger partial charge >= 0.3 is 0 Å². The van der Waals surface area contributed by atoms with Gasteiger partial charge in [-0.2, -0.15) is 10.5 Å². The summed E-state index contributed by atoms with van der Waals surface area (Å²) < 4.78 is 0. The highest BCUT2D eigenvalue weighted by molar-refractivity contribution is 4.88. The summed E-state index contributed by atoms with van der Waals surface area (Å²) in [6.45, 7) is 6.79. The average Bonchev–Trinajstić information content (AvgIpc) is 2.03. The van der Waals surface area contributed by atoms with Gasteiger partial charge in [0, 0.05) is 6.42 Å². The van der Waals surface area contributed by atoms with Crippen molar-refractivity contribution in [1.29, 1.82) is 10.5 Å². The van der Waals surface area contributed by atoms with Crippen molar-refractivity contribution in [3.8, 4) is 12.1 Å². The molecule has 0 aliphatic rings. The molecule has 0 saturated carbocycles. The Hall–Kier alpha value is -1.53. The molecule has 0 spiro atoms. The molecule has 0 aromatic heterocycles. The topological polar surface area (TPSA) is 51.9 Å². The Bertz CT molecular complexity index is 213. The zero-order chi connectivity index (χ0) is 8.53. The van der Waals surface area contributed by atoms with Gasteiger partial charge < -0.3 is 4.85 Å². The van der Waals surface area contributed by atoms with E-state index in [1.165, 1.54) is 0 Å². The van der Waals surface area contributed by atoms with Gasteiger partial charge in [0.2, 0.25) is 6.54 Å². The number of hydrogen-bond donors (Lipinski definition) is 0. The highest BCUT2D eigenvalue weighted by atomic mass is 14.6. The normalized spacial score (nSPS) is 10.6. The lowest BCUT2D eigenvalue weighted by atomic mass is 10.0. The highest BCUT2D eigenvalue weighted by Crippen LogP contribution is 2.07. The maximum Gasteiger partial charge on any atom is 0.230 e. The SMILES string of the molecule is [C-]#[N+]CC(C#N)CCCC#N. The zero-order valence-corrected chi connectivity index (χ0v) is 6.25. The van der Waals surface area contributed by atoms with Crippen molar-refractivity contribution in [2.24, 2.45) is 5.92 Å². The van der Waals surface area contributed by atoms with Crippen LogP contribution >= 0.6 is 0 Å². The van der Waals surface area contributed by atoms with Crippen LogP contribution in [0, 0.1) is 35.2 Å². The third-order valence-electron chi connectivity index (χ3n) is 1.34. The predicted octanol–water partition coefficient (Wildman–Crippen LogP) is 1.74. The van der Waals surface area contributed by atoms with E-state index < -0.39 is 0 Å². The summed E-state index contributed by atoms with van der Waals surface area (Å²) in [5.74, 6) is -0.180. The van der Waals surface area contributed by atoms with Crippen LogP contribution in [0.1, 0.15) is 19.3 Å². The molecule has 3 nitrogen and oxygen atoms in total. The second kappa shape index (κ2) is 6.59. The minimum absolute atomic E-state index is 0.180. The summed E-state index contributed by atoms with van der Waals surface area (Å²) in [4.78, 5) is 3.13. The Kier molecular flexibility index (Phi) is 5.67. The number of nitrogens with zero attached hydrogens (tertiary/aromatic N) is 3. The molecule has 56 valence electrons. The molecule has 0 bridgehead atoms. The lowest BCUT2D eigenvalue weighted by molar-refractivity contribution is 0.613. The van der Waals surface area contributed by atoms with Gasteiger partial charge in [0.1, 0.15) is 5.92 Å². The van der Waals surface area contributed by atoms with Crippen LogP contribution in [0.5, 0.6) is 0 Å². The van der Waals surface area contributed by atoms with E-state index in [9.17, 15) is 0 Å². The standard InChI is InChI=1S/C8H9N3/c1-11-7-8(6-10)4-2-3-5-9/h8H,2-4,7H2. The van der Waals surface area contributed by atoms with Crippen LogP contribution in [0.2, 0.25) is 0 Å². The fourth-order valence-corrected chi connectivity index (χ4v) is 0.734. The van der Waals surface area contributed by atoms with Crippen LogP contribution in [0.4, 0.5) is 0 Å². The molecule has 0 aliphatic heterocycles. The van der Waals surface area contributed by atoms with E-state index in [1.54, 1.807) is 0 Å². The Labute approximate surface area is 66.7 Å². The molecular formula is C8H9N3. The van der Waals surface area contributed by atoms with Crippen molar-refractivity contribution in [1.82, 2.24) is 0 Å². The van der Waals surface area contributed by atoms with E-state index in [-0.39, 0.29) is 12.5 Å². The van der Waals surface area contributed by atoms with Crippen LogP contribution < -0.4 is 0 Å². The third kappa shape index (κ3) is 4.94. The minimum atomic E-state index is -0.180. The van der Waals surface area contributed by atoms with Gasteiger partial charge in [-0.1, -0.05) is 0 Å². The number of unbranched alkanes of at least 4 members (excludes halogenated alkanes) is 1. The van der Waals surface area contributed by atoms with E-state index in [4.69, 9.17) is 17.1 Å². The van der Waals surface area contributed by atoms with E-state index >= 15 is 0 Å². The molecule has 3 heteroatoms. The first-order valence-electron chi connectivity index (χ1n) is 3.45. The summed E-state index contributed by atoms with van der Waals surface area (Å²) in [5, 5.41) is 16.7. The van der Waals surface area contributed by atoms with Crippen LogP contribution in [0.3, 0.4) is 0 Å². The van der Waals surface area contributed by atoms with Crippen LogP contribution in [-0.2, 0) is 0 Å². The van der Waals surface area contributed by atoms with E-state index in [0.717, 1.165) is 6.42 Å². The minimum Gasteiger partial charge on any atom is -0.315 e. The molecule has 0 rings (SSSR count). The first-order chi connectivity index (χ1) is 5.35. The Morgan fingerprint density at radius 1 is 1.45 bits per heavy atom. The Morgan fingerprint density at radius 3 is 2.64 bits per heavy atom. The second-order valence-electron chi connectivity index (χ2n) is 2.22. The van der Waals surface area contributed by atoms with Gasteiger partial charge in [0.25, 0.3) is 0 Å². The molecular weight excluding hydrogens is 138 g/mol. The molecule has 1 unspecified atom stereocenters. The fourth-order valence-electron chi connectivity index (χ4n) is 0.734. The predicted molar refractivity (Wildman–Crippen MR) is 40.0 cm³/mol. The van der Waals surface area contributed by atoms with Crippen molar-refractivity contribution >= 4 is 0 Å². The second-order valence-corrected chi connectivity index (χ2v) is 2.22. The maximum absolute atomic E-state index is 8.48. The van der Waals surface area contributed by atoms with E-state index in [2.05, 4.69) is 4.85 Å². The van der Waals surface area contributed by atoms with Gasteiger partial charge in [0.05, 0.1) is 12.1 Å². The molecule has 0 fully saturated rings. The van der Waals surface area contributed by atoms with Crippen molar-refractivity contribution in [3.05, 3.63) is 11.4 Å². The summed E-state index contributed by atoms with van der Waals surface area (Å²) >= 11 is 0. The lowest BCUT2D eigenvalue weighted by Crippen LogP contribution is -1.99. The van der Waals surface area contributed by atoms with Crippen molar-refractivity contribution < 1.29 is 0 Å². The van der Waals surface area contributed by atoms with Gasteiger partial charge in [-0.3, -0.25) is 0 Å². The van der Waals surface area contributed by atoms with Crippen molar-refractivity contribution in [3.63, 3.8) is 0 Å². The maximum atomic E-state index is 8.48. The number of hydrogen-bond acceptors (Lipinski definition) is 2. The van der Waals surface area contributed by atoms with Gasteiger partial charge in [0.15, 0.2) is 0 Å². The van der Waals surface area contributed by atoms with Crippen LogP contribution in [0.25, 0.3) is 4.85 Å². The van der Waals surface area contributed by atoms with Crippen LogP contribution in [-0.4, -0.2) is 6.54 Å². The first kappa shape index (κ1) is 9.47. The zero-order valence-electron chi connectivity index (χ0n) is 6.25. The summed E-state index contributed by atoms with van der Waals surface area (Å²) in [6.07, 6.45) is 1.88. The van der Waals surface area contributed by atoms with Crippen molar-refractivity contribution in [2.75, 3.05) is 6.54 Å². The Morgan fingerprint density at radius 2 is 2.18 bits per heavy atom. The molecule has 0 heterocycles.